The van der Waals surface area contributed by atoms with Crippen LogP contribution >= 0.6 is 15.9 Å². The predicted octanol–water partition coefficient (Wildman–Crippen LogP) is 3.05. The number of nitrogens with two attached hydrogens (primary N) is 1. The number of rotatable bonds is 5. The molecule has 1 aromatic rings. The molecule has 18 heavy (non-hydrogen) atoms. The van der Waals surface area contributed by atoms with Crippen LogP contribution in [-0.4, -0.2) is 17.6 Å². The summed E-state index contributed by atoms with van der Waals surface area (Å²) in [5.74, 6) is 1.16. The SMILES string of the molecule is Cc1ccc(Br)cc1OCC1(C/C(N)=N/O)CC1. The first-order valence-electron chi connectivity index (χ1n) is 5.90. The van der Waals surface area contributed by atoms with Crippen LogP contribution < -0.4 is 10.5 Å². The van der Waals surface area contributed by atoms with Crippen molar-refractivity contribution in [1.29, 1.82) is 0 Å². The molecule has 0 aliphatic heterocycles. The van der Waals surface area contributed by atoms with Gasteiger partial charge in [-0.25, -0.2) is 0 Å². The summed E-state index contributed by atoms with van der Waals surface area (Å²) in [5, 5.41) is 11.6. The van der Waals surface area contributed by atoms with Crippen molar-refractivity contribution in [3.8, 4) is 5.75 Å². The van der Waals surface area contributed by atoms with E-state index in [1.165, 1.54) is 0 Å². The van der Waals surface area contributed by atoms with Gasteiger partial charge in [-0.05, 0) is 37.5 Å². The quantitative estimate of drug-likeness (QED) is 0.380. The molecular formula is C13H17BrN2O2. The molecule has 3 N–H and O–H groups in total. The maximum atomic E-state index is 8.61. The van der Waals surface area contributed by atoms with E-state index < -0.39 is 0 Å². The molecule has 1 aliphatic carbocycles. The number of amidine groups is 1. The third-order valence-electron chi connectivity index (χ3n) is 3.33. The molecule has 0 atom stereocenters. The van der Waals surface area contributed by atoms with Crippen LogP contribution in [0.1, 0.15) is 24.8 Å². The third kappa shape index (κ3) is 3.16. The van der Waals surface area contributed by atoms with Gasteiger partial charge in [0.25, 0.3) is 0 Å². The Balaban J connectivity index is 1.97. The Labute approximate surface area is 115 Å². The summed E-state index contributed by atoms with van der Waals surface area (Å²) >= 11 is 3.43. The summed E-state index contributed by atoms with van der Waals surface area (Å²) in [7, 11) is 0. The number of aryl methyl sites for hydroxylation is 1. The fraction of sp³-hybridized carbons (Fsp3) is 0.462. The standard InChI is InChI=1S/C13H17BrN2O2/c1-9-2-3-10(14)6-11(9)18-8-13(4-5-13)7-12(15)16-17/h2-3,6,17H,4-5,7-8H2,1H3,(H2,15,16). The first kappa shape index (κ1) is 13.2. The van der Waals surface area contributed by atoms with Gasteiger partial charge in [-0.2, -0.15) is 0 Å². The Bertz CT molecular complexity index is 470. The van der Waals surface area contributed by atoms with Crippen LogP contribution in [0, 0.1) is 12.3 Å². The zero-order valence-electron chi connectivity index (χ0n) is 10.3. The highest BCUT2D eigenvalue weighted by molar-refractivity contribution is 9.10. The molecule has 0 aromatic heterocycles. The Kier molecular flexibility index (Phi) is 3.80. The van der Waals surface area contributed by atoms with Crippen LogP contribution in [0.25, 0.3) is 0 Å². The smallest absolute Gasteiger partial charge is 0.139 e. The lowest BCUT2D eigenvalue weighted by Crippen LogP contribution is -2.22. The largest absolute Gasteiger partial charge is 0.493 e. The number of oxime groups is 1. The van der Waals surface area contributed by atoms with Gasteiger partial charge in [0.1, 0.15) is 11.6 Å². The van der Waals surface area contributed by atoms with Crippen LogP contribution in [0.4, 0.5) is 0 Å². The summed E-state index contributed by atoms with van der Waals surface area (Å²) in [4.78, 5) is 0. The van der Waals surface area contributed by atoms with Gasteiger partial charge in [0.05, 0.1) is 6.61 Å². The van der Waals surface area contributed by atoms with Gasteiger partial charge in [0.15, 0.2) is 0 Å². The molecule has 0 spiro atoms. The van der Waals surface area contributed by atoms with Gasteiger partial charge in [-0.1, -0.05) is 27.2 Å². The molecule has 5 heteroatoms. The van der Waals surface area contributed by atoms with Gasteiger partial charge >= 0.3 is 0 Å². The topological polar surface area (TPSA) is 67.8 Å². The summed E-state index contributed by atoms with van der Waals surface area (Å²) < 4.78 is 6.87. The van der Waals surface area contributed by atoms with E-state index >= 15 is 0 Å². The molecule has 98 valence electrons. The third-order valence-corrected chi connectivity index (χ3v) is 3.82. The Morgan fingerprint density at radius 1 is 1.56 bits per heavy atom. The molecule has 1 aromatic carbocycles. The van der Waals surface area contributed by atoms with Gasteiger partial charge in [-0.3, -0.25) is 0 Å². The maximum absolute atomic E-state index is 8.61. The molecule has 0 amide bonds. The molecule has 0 unspecified atom stereocenters. The van der Waals surface area contributed by atoms with Crippen molar-refractivity contribution in [1.82, 2.24) is 0 Å². The molecule has 0 radical (unpaired) electrons. The minimum atomic E-state index is 0.0606. The first-order chi connectivity index (χ1) is 8.54. The summed E-state index contributed by atoms with van der Waals surface area (Å²) in [6, 6.07) is 5.98. The highest BCUT2D eigenvalue weighted by Gasteiger charge is 2.44. The molecule has 0 saturated heterocycles. The number of hydrogen-bond donors (Lipinski definition) is 2. The van der Waals surface area contributed by atoms with Crippen LogP contribution in [0.5, 0.6) is 5.75 Å². The zero-order chi connectivity index (χ0) is 13.2. The summed E-state index contributed by atoms with van der Waals surface area (Å²) in [6.45, 7) is 2.63. The fourth-order valence-electron chi connectivity index (χ4n) is 1.93. The van der Waals surface area contributed by atoms with Crippen LogP contribution in [0.3, 0.4) is 0 Å². The lowest BCUT2D eigenvalue weighted by Gasteiger charge is -2.16. The summed E-state index contributed by atoms with van der Waals surface area (Å²) in [6.07, 6.45) is 2.73. The number of halogens is 1. The second-order valence-corrected chi connectivity index (χ2v) is 5.88. The molecule has 1 saturated carbocycles. The average molecular weight is 313 g/mol. The van der Waals surface area contributed by atoms with Crippen molar-refractivity contribution in [3.05, 3.63) is 28.2 Å². The minimum Gasteiger partial charge on any atom is -0.493 e. The second-order valence-electron chi connectivity index (χ2n) is 4.97. The zero-order valence-corrected chi connectivity index (χ0v) is 11.9. The van der Waals surface area contributed by atoms with Crippen LogP contribution in [0.2, 0.25) is 0 Å². The van der Waals surface area contributed by atoms with Gasteiger partial charge in [0.2, 0.25) is 0 Å². The molecule has 0 bridgehead atoms. The molecule has 0 heterocycles. The van der Waals surface area contributed by atoms with Crippen LogP contribution in [-0.2, 0) is 0 Å². The fourth-order valence-corrected chi connectivity index (χ4v) is 2.27. The van der Waals surface area contributed by atoms with Gasteiger partial charge in [-0.15, -0.1) is 0 Å². The Hall–Kier alpha value is -1.23. The monoisotopic (exact) mass is 312 g/mol. The first-order valence-corrected chi connectivity index (χ1v) is 6.69. The Morgan fingerprint density at radius 3 is 2.89 bits per heavy atom. The highest BCUT2D eigenvalue weighted by Crippen LogP contribution is 2.49. The van der Waals surface area contributed by atoms with Crippen molar-refractivity contribution in [2.45, 2.75) is 26.2 Å². The molecule has 4 nitrogen and oxygen atoms in total. The highest BCUT2D eigenvalue weighted by atomic mass is 79.9. The van der Waals surface area contributed by atoms with Crippen molar-refractivity contribution in [2.24, 2.45) is 16.3 Å². The van der Waals surface area contributed by atoms with E-state index in [1.54, 1.807) is 0 Å². The van der Waals surface area contributed by atoms with Crippen molar-refractivity contribution >= 4 is 21.8 Å². The van der Waals surface area contributed by atoms with E-state index in [0.29, 0.717) is 13.0 Å². The molecule has 2 rings (SSSR count). The van der Waals surface area contributed by atoms with E-state index in [1.807, 2.05) is 25.1 Å². The molecular weight excluding hydrogens is 296 g/mol. The summed E-state index contributed by atoms with van der Waals surface area (Å²) in [5.41, 5.74) is 6.73. The van der Waals surface area contributed by atoms with Gasteiger partial charge < -0.3 is 15.7 Å². The average Bonchev–Trinajstić information content (AvgIpc) is 3.10. The lowest BCUT2D eigenvalue weighted by atomic mass is 10.0. The van der Waals surface area contributed by atoms with E-state index in [0.717, 1.165) is 28.6 Å². The van der Waals surface area contributed by atoms with E-state index in [2.05, 4.69) is 21.1 Å². The van der Waals surface area contributed by atoms with Crippen molar-refractivity contribution < 1.29 is 9.94 Å². The van der Waals surface area contributed by atoms with Crippen molar-refractivity contribution in [2.75, 3.05) is 6.61 Å². The predicted molar refractivity (Wildman–Crippen MR) is 74.1 cm³/mol. The molecule has 1 aliphatic rings. The van der Waals surface area contributed by atoms with E-state index in [4.69, 9.17) is 15.7 Å². The van der Waals surface area contributed by atoms with Gasteiger partial charge in [0, 0.05) is 16.3 Å². The lowest BCUT2D eigenvalue weighted by molar-refractivity contribution is 0.235. The van der Waals surface area contributed by atoms with E-state index in [-0.39, 0.29) is 11.3 Å². The number of hydrogen-bond acceptors (Lipinski definition) is 3. The maximum Gasteiger partial charge on any atom is 0.139 e. The Morgan fingerprint density at radius 2 is 2.28 bits per heavy atom. The molecule has 1 fully saturated rings. The number of ether oxygens (including phenoxy) is 1. The van der Waals surface area contributed by atoms with Crippen LogP contribution in [0.15, 0.2) is 27.8 Å². The number of benzene rings is 1. The minimum absolute atomic E-state index is 0.0606. The normalized spacial score (nSPS) is 17.6. The van der Waals surface area contributed by atoms with E-state index in [9.17, 15) is 0 Å². The van der Waals surface area contributed by atoms with Crippen molar-refractivity contribution in [3.63, 3.8) is 0 Å². The second kappa shape index (κ2) is 5.18. The number of nitrogens with zero attached hydrogens (tertiary/aromatic N) is 1.